The number of carbonyl (C=O) groups is 3. The number of amides is 2. The van der Waals surface area contributed by atoms with E-state index in [2.05, 4.69) is 34.9 Å². The molecule has 0 spiro atoms. The maximum Gasteiger partial charge on any atom is 0.407 e. The molecule has 1 saturated carbocycles. The van der Waals surface area contributed by atoms with Gasteiger partial charge in [0.2, 0.25) is 5.91 Å². The monoisotopic (exact) mass is 478 g/mol. The molecule has 2 amide bonds. The average molecular weight is 479 g/mol. The highest BCUT2D eigenvalue weighted by atomic mass is 16.5. The van der Waals surface area contributed by atoms with E-state index in [9.17, 15) is 19.5 Å². The van der Waals surface area contributed by atoms with Gasteiger partial charge in [0, 0.05) is 12.5 Å². The normalized spacial score (nSPS) is 16.2. The number of fused-ring (bicyclic) bond motifs is 3. The minimum Gasteiger partial charge on any atom is -0.481 e. The van der Waals surface area contributed by atoms with Gasteiger partial charge in [-0.05, 0) is 46.9 Å². The second-order valence-corrected chi connectivity index (χ2v) is 10.1. The van der Waals surface area contributed by atoms with E-state index in [0.29, 0.717) is 18.8 Å². The molecule has 4 rings (SSSR count). The fourth-order valence-corrected chi connectivity index (χ4v) is 4.86. The number of carbonyl (C=O) groups excluding carboxylic acids is 2. The summed E-state index contributed by atoms with van der Waals surface area (Å²) in [5.74, 6) is -1.36. The predicted octanol–water partition coefficient (Wildman–Crippen LogP) is 4.56. The molecule has 0 bridgehead atoms. The van der Waals surface area contributed by atoms with Gasteiger partial charge in [-0.25, -0.2) is 4.79 Å². The Bertz CT molecular complexity index is 1030. The van der Waals surface area contributed by atoms with Gasteiger partial charge in [0.1, 0.15) is 12.6 Å². The minimum absolute atomic E-state index is 0.0611. The van der Waals surface area contributed by atoms with Crippen LogP contribution in [0.2, 0.25) is 0 Å². The number of hydrogen-bond acceptors (Lipinski definition) is 4. The van der Waals surface area contributed by atoms with Crippen LogP contribution in [-0.2, 0) is 14.3 Å². The fourth-order valence-electron chi connectivity index (χ4n) is 4.86. The van der Waals surface area contributed by atoms with Crippen LogP contribution in [0.15, 0.2) is 48.5 Å². The van der Waals surface area contributed by atoms with E-state index in [1.165, 1.54) is 0 Å². The van der Waals surface area contributed by atoms with E-state index < -0.39 is 24.0 Å². The Balaban J connectivity index is 1.35. The zero-order valence-electron chi connectivity index (χ0n) is 20.3. The number of alkyl carbamates (subject to hydrolysis) is 1. The molecule has 186 valence electrons. The van der Waals surface area contributed by atoms with Crippen LogP contribution >= 0.6 is 0 Å². The smallest absolute Gasteiger partial charge is 0.407 e. The Morgan fingerprint density at radius 3 is 2.14 bits per heavy atom. The highest BCUT2D eigenvalue weighted by molar-refractivity contribution is 5.86. The van der Waals surface area contributed by atoms with Crippen molar-refractivity contribution < 1.29 is 24.2 Å². The number of rotatable bonds is 11. The van der Waals surface area contributed by atoms with Crippen molar-refractivity contribution in [3.63, 3.8) is 0 Å². The lowest BCUT2D eigenvalue weighted by Gasteiger charge is -2.22. The molecule has 2 aliphatic rings. The molecule has 2 aromatic carbocycles. The van der Waals surface area contributed by atoms with E-state index in [0.717, 1.165) is 35.1 Å². The van der Waals surface area contributed by atoms with E-state index >= 15 is 0 Å². The van der Waals surface area contributed by atoms with Gasteiger partial charge >= 0.3 is 12.1 Å². The quantitative estimate of drug-likeness (QED) is 0.439. The SMILES string of the molecule is CC(C)C[C@H](NC(=O)OCC1c2ccccc2-c2ccccc21)C(=O)NCC(CC1CC1)C(=O)O. The molecule has 35 heavy (non-hydrogen) atoms. The van der Waals surface area contributed by atoms with Crippen LogP contribution in [0.25, 0.3) is 11.1 Å². The molecular formula is C28H34N2O5. The molecule has 0 heterocycles. The number of aliphatic carboxylic acids is 1. The first-order valence-corrected chi connectivity index (χ1v) is 12.5. The van der Waals surface area contributed by atoms with Gasteiger partial charge in [-0.15, -0.1) is 0 Å². The molecule has 0 radical (unpaired) electrons. The van der Waals surface area contributed by atoms with Gasteiger partial charge in [0.25, 0.3) is 0 Å². The molecule has 0 saturated heterocycles. The van der Waals surface area contributed by atoms with Crippen molar-refractivity contribution in [2.45, 2.75) is 51.5 Å². The maximum absolute atomic E-state index is 12.9. The number of ether oxygens (including phenoxy) is 1. The number of carboxylic acids is 1. The number of benzene rings is 2. The summed E-state index contributed by atoms with van der Waals surface area (Å²) in [5, 5.41) is 14.9. The topological polar surface area (TPSA) is 105 Å². The molecule has 2 atom stereocenters. The summed E-state index contributed by atoms with van der Waals surface area (Å²) in [5.41, 5.74) is 4.53. The van der Waals surface area contributed by atoms with Crippen LogP contribution in [-0.4, -0.2) is 42.3 Å². The molecule has 0 aliphatic heterocycles. The Morgan fingerprint density at radius 2 is 1.60 bits per heavy atom. The van der Waals surface area contributed by atoms with Crippen LogP contribution < -0.4 is 10.6 Å². The number of carboxylic acid groups (broad SMARTS) is 1. The average Bonchev–Trinajstić information content (AvgIpc) is 3.60. The lowest BCUT2D eigenvalue weighted by atomic mass is 9.98. The molecule has 7 nitrogen and oxygen atoms in total. The molecule has 2 aromatic rings. The van der Waals surface area contributed by atoms with Crippen LogP contribution in [0.3, 0.4) is 0 Å². The Morgan fingerprint density at radius 1 is 1.00 bits per heavy atom. The van der Waals surface area contributed by atoms with Crippen LogP contribution in [0.5, 0.6) is 0 Å². The second kappa shape index (κ2) is 10.9. The van der Waals surface area contributed by atoms with Crippen molar-refractivity contribution in [1.82, 2.24) is 10.6 Å². The van der Waals surface area contributed by atoms with E-state index in [4.69, 9.17) is 4.74 Å². The standard InChI is InChI=1S/C28H34N2O5/c1-17(2)13-25(26(31)29-15-19(27(32)33)14-18-11-12-18)30-28(34)35-16-24-22-9-5-3-7-20(22)21-8-4-6-10-23(21)24/h3-10,17-19,24-25H,11-16H2,1-2H3,(H,29,31)(H,30,34)(H,32,33)/t19?,25-/m0/s1. The van der Waals surface area contributed by atoms with Crippen molar-refractivity contribution in [3.05, 3.63) is 59.7 Å². The molecule has 1 unspecified atom stereocenters. The van der Waals surface area contributed by atoms with Gasteiger partial charge in [-0.3, -0.25) is 9.59 Å². The number of hydrogen-bond donors (Lipinski definition) is 3. The van der Waals surface area contributed by atoms with Gasteiger partial charge < -0.3 is 20.5 Å². The van der Waals surface area contributed by atoms with Gasteiger partial charge in [0.05, 0.1) is 5.92 Å². The predicted molar refractivity (Wildman–Crippen MR) is 133 cm³/mol. The minimum atomic E-state index is -0.901. The van der Waals surface area contributed by atoms with Crippen molar-refractivity contribution in [3.8, 4) is 11.1 Å². The highest BCUT2D eigenvalue weighted by Gasteiger charge is 2.32. The first-order valence-electron chi connectivity index (χ1n) is 12.5. The van der Waals surface area contributed by atoms with Crippen LogP contribution in [0, 0.1) is 17.8 Å². The fraction of sp³-hybridized carbons (Fsp3) is 0.464. The Labute approximate surface area is 206 Å². The van der Waals surface area contributed by atoms with Gasteiger partial charge in [-0.2, -0.15) is 0 Å². The van der Waals surface area contributed by atoms with E-state index in [1.54, 1.807) is 0 Å². The molecular weight excluding hydrogens is 444 g/mol. The first kappa shape index (κ1) is 24.8. The lowest BCUT2D eigenvalue weighted by molar-refractivity contribution is -0.142. The summed E-state index contributed by atoms with van der Waals surface area (Å²) in [4.78, 5) is 37.1. The Hall–Kier alpha value is -3.35. The molecule has 0 aromatic heterocycles. The lowest BCUT2D eigenvalue weighted by Crippen LogP contribution is -2.49. The van der Waals surface area contributed by atoms with Crippen molar-refractivity contribution >= 4 is 18.0 Å². The maximum atomic E-state index is 12.9. The van der Waals surface area contributed by atoms with Crippen molar-refractivity contribution in [1.29, 1.82) is 0 Å². The first-order chi connectivity index (χ1) is 16.8. The second-order valence-electron chi connectivity index (χ2n) is 10.1. The molecule has 7 heteroatoms. The van der Waals surface area contributed by atoms with Gasteiger partial charge in [-0.1, -0.05) is 75.2 Å². The summed E-state index contributed by atoms with van der Waals surface area (Å²) < 4.78 is 5.60. The van der Waals surface area contributed by atoms with E-state index in [1.807, 2.05) is 38.1 Å². The summed E-state index contributed by atoms with van der Waals surface area (Å²) in [7, 11) is 0. The zero-order chi connectivity index (χ0) is 24.9. The van der Waals surface area contributed by atoms with Crippen molar-refractivity contribution in [2.75, 3.05) is 13.2 Å². The van der Waals surface area contributed by atoms with Crippen LogP contribution in [0.4, 0.5) is 4.79 Å². The Kier molecular flexibility index (Phi) is 7.73. The van der Waals surface area contributed by atoms with Gasteiger partial charge in [0.15, 0.2) is 0 Å². The third-order valence-electron chi connectivity index (χ3n) is 6.85. The molecule has 2 aliphatic carbocycles. The van der Waals surface area contributed by atoms with Crippen LogP contribution in [0.1, 0.15) is 56.6 Å². The van der Waals surface area contributed by atoms with Crippen molar-refractivity contribution in [2.24, 2.45) is 17.8 Å². The highest BCUT2D eigenvalue weighted by Crippen LogP contribution is 2.44. The van der Waals surface area contributed by atoms with E-state index in [-0.39, 0.29) is 30.9 Å². The summed E-state index contributed by atoms with van der Waals surface area (Å²) in [6.45, 7) is 4.16. The molecule has 1 fully saturated rings. The summed E-state index contributed by atoms with van der Waals surface area (Å²) in [6.07, 6.45) is 2.45. The third kappa shape index (κ3) is 6.21. The zero-order valence-corrected chi connectivity index (χ0v) is 20.3. The molecule has 3 N–H and O–H groups in total. The largest absolute Gasteiger partial charge is 0.481 e. The number of nitrogens with one attached hydrogen (secondary N) is 2. The third-order valence-corrected chi connectivity index (χ3v) is 6.85. The summed E-state index contributed by atoms with van der Waals surface area (Å²) in [6, 6.07) is 15.4. The summed E-state index contributed by atoms with van der Waals surface area (Å²) >= 11 is 0.